The van der Waals surface area contributed by atoms with E-state index in [1.165, 1.54) is 4.31 Å². The van der Waals surface area contributed by atoms with Crippen molar-refractivity contribution in [3.05, 3.63) is 59.2 Å². The van der Waals surface area contributed by atoms with E-state index in [4.69, 9.17) is 4.74 Å². The molecule has 0 saturated carbocycles. The van der Waals surface area contributed by atoms with E-state index in [0.29, 0.717) is 13.2 Å². The molecule has 0 aliphatic rings. The van der Waals surface area contributed by atoms with Gasteiger partial charge in [0.25, 0.3) is 0 Å². The van der Waals surface area contributed by atoms with Crippen LogP contribution in [0.1, 0.15) is 37.0 Å². The van der Waals surface area contributed by atoms with Crippen LogP contribution < -0.4 is 10.1 Å². The third-order valence-electron chi connectivity index (χ3n) is 4.96. The van der Waals surface area contributed by atoms with Crippen molar-refractivity contribution in [3.63, 3.8) is 0 Å². The van der Waals surface area contributed by atoms with Crippen molar-refractivity contribution >= 4 is 15.9 Å². The molecule has 0 fully saturated rings. The molecule has 0 bridgehead atoms. The Hall–Kier alpha value is -2.38. The maximum Gasteiger partial charge on any atom is 0.243 e. The smallest absolute Gasteiger partial charge is 0.243 e. The number of nitrogens with one attached hydrogen (secondary N) is 1. The second-order valence-corrected chi connectivity index (χ2v) is 9.33. The summed E-state index contributed by atoms with van der Waals surface area (Å²) in [4.78, 5) is 12.3. The molecular weight excluding hydrogens is 388 g/mol. The Morgan fingerprint density at radius 2 is 1.76 bits per heavy atom. The van der Waals surface area contributed by atoms with Crippen LogP contribution in [-0.4, -0.2) is 38.3 Å². The fourth-order valence-corrected chi connectivity index (χ4v) is 4.01. The van der Waals surface area contributed by atoms with Crippen LogP contribution >= 0.6 is 0 Å². The molecule has 7 heteroatoms. The SMILES string of the molecule is Cc1cccc(OCCC(=O)NCc2ccc(S(=O)(=O)N(C)C(C)C)cc2)c1C. The van der Waals surface area contributed by atoms with Crippen LogP contribution in [0, 0.1) is 13.8 Å². The second-order valence-electron chi connectivity index (χ2n) is 7.33. The highest BCUT2D eigenvalue weighted by Gasteiger charge is 2.22. The molecule has 0 radical (unpaired) electrons. The van der Waals surface area contributed by atoms with Gasteiger partial charge in [-0.1, -0.05) is 24.3 Å². The Morgan fingerprint density at radius 3 is 2.38 bits per heavy atom. The maximum atomic E-state index is 12.5. The molecule has 0 saturated heterocycles. The number of benzene rings is 2. The van der Waals surface area contributed by atoms with Gasteiger partial charge in [0, 0.05) is 19.6 Å². The molecule has 0 aliphatic heterocycles. The normalized spacial score (nSPS) is 11.7. The van der Waals surface area contributed by atoms with E-state index in [9.17, 15) is 13.2 Å². The molecule has 0 aromatic heterocycles. The lowest BCUT2D eigenvalue weighted by molar-refractivity contribution is -0.121. The summed E-state index contributed by atoms with van der Waals surface area (Å²) in [5.41, 5.74) is 3.06. The van der Waals surface area contributed by atoms with Crippen molar-refractivity contribution in [3.8, 4) is 5.75 Å². The molecule has 1 amide bonds. The lowest BCUT2D eigenvalue weighted by Crippen LogP contribution is -2.33. The Bertz CT molecular complexity index is 938. The second kappa shape index (κ2) is 9.89. The highest BCUT2D eigenvalue weighted by atomic mass is 32.2. The van der Waals surface area contributed by atoms with Crippen molar-refractivity contribution in [1.29, 1.82) is 0 Å². The Kier molecular flexibility index (Phi) is 7.81. The summed E-state index contributed by atoms with van der Waals surface area (Å²) in [5.74, 6) is 0.674. The molecule has 0 aliphatic carbocycles. The molecule has 0 unspecified atom stereocenters. The molecule has 2 aromatic carbocycles. The van der Waals surface area contributed by atoms with Gasteiger partial charge in [-0.25, -0.2) is 8.42 Å². The van der Waals surface area contributed by atoms with E-state index in [1.807, 2.05) is 45.9 Å². The first-order valence-corrected chi connectivity index (χ1v) is 11.1. The monoisotopic (exact) mass is 418 g/mol. The summed E-state index contributed by atoms with van der Waals surface area (Å²) in [7, 11) is -1.94. The number of hydrogen-bond donors (Lipinski definition) is 1. The Morgan fingerprint density at radius 1 is 1.10 bits per heavy atom. The maximum absolute atomic E-state index is 12.5. The number of aryl methyl sites for hydroxylation is 1. The molecule has 1 N–H and O–H groups in total. The summed E-state index contributed by atoms with van der Waals surface area (Å²) < 4.78 is 32.0. The van der Waals surface area contributed by atoms with Crippen LogP contribution in [0.5, 0.6) is 5.75 Å². The molecule has 0 heterocycles. The molecule has 29 heavy (non-hydrogen) atoms. The standard InChI is InChI=1S/C22H30N2O4S/c1-16(2)24(5)29(26,27)20-11-9-19(10-12-20)15-23-22(25)13-14-28-21-8-6-7-17(3)18(21)4/h6-12,16H,13-15H2,1-5H3,(H,23,25). The number of sulfonamides is 1. The summed E-state index contributed by atoms with van der Waals surface area (Å²) >= 11 is 0. The van der Waals surface area contributed by atoms with Crippen LogP contribution in [-0.2, 0) is 21.4 Å². The number of carbonyl (C=O) groups excluding carboxylic acids is 1. The van der Waals surface area contributed by atoms with E-state index in [1.54, 1.807) is 31.3 Å². The van der Waals surface area contributed by atoms with Crippen molar-refractivity contribution < 1.29 is 17.9 Å². The van der Waals surface area contributed by atoms with E-state index >= 15 is 0 Å². The lowest BCUT2D eigenvalue weighted by Gasteiger charge is -2.21. The van der Waals surface area contributed by atoms with Crippen LogP contribution in [0.15, 0.2) is 47.4 Å². The van der Waals surface area contributed by atoms with Gasteiger partial charge in [-0.2, -0.15) is 4.31 Å². The topological polar surface area (TPSA) is 75.7 Å². The first-order chi connectivity index (χ1) is 13.6. The zero-order chi connectivity index (χ0) is 21.6. The zero-order valence-corrected chi connectivity index (χ0v) is 18.5. The highest BCUT2D eigenvalue weighted by molar-refractivity contribution is 7.89. The molecule has 2 aromatic rings. The van der Waals surface area contributed by atoms with Gasteiger partial charge in [0.15, 0.2) is 0 Å². The van der Waals surface area contributed by atoms with Crippen LogP contribution in [0.25, 0.3) is 0 Å². The average molecular weight is 419 g/mol. The van der Waals surface area contributed by atoms with E-state index in [-0.39, 0.29) is 23.3 Å². The fraction of sp³-hybridized carbons (Fsp3) is 0.409. The van der Waals surface area contributed by atoms with E-state index in [2.05, 4.69) is 5.32 Å². The van der Waals surface area contributed by atoms with Gasteiger partial charge in [-0.15, -0.1) is 0 Å². The molecule has 0 atom stereocenters. The first kappa shape index (κ1) is 22.9. The predicted molar refractivity (Wildman–Crippen MR) is 114 cm³/mol. The third kappa shape index (κ3) is 6.05. The minimum absolute atomic E-state index is 0.119. The Labute approximate surface area is 173 Å². The largest absolute Gasteiger partial charge is 0.493 e. The lowest BCUT2D eigenvalue weighted by atomic mass is 10.1. The molecule has 0 spiro atoms. The Balaban J connectivity index is 1.84. The third-order valence-corrected chi connectivity index (χ3v) is 7.01. The predicted octanol–water partition coefficient (Wildman–Crippen LogP) is 3.42. The summed E-state index contributed by atoms with van der Waals surface area (Å²) in [6.07, 6.45) is 0.249. The van der Waals surface area contributed by atoms with E-state index < -0.39 is 10.0 Å². The summed E-state index contributed by atoms with van der Waals surface area (Å²) in [6.45, 7) is 8.30. The van der Waals surface area contributed by atoms with Crippen LogP contribution in [0.3, 0.4) is 0 Å². The number of rotatable bonds is 9. The van der Waals surface area contributed by atoms with Gasteiger partial charge in [-0.05, 0) is 62.6 Å². The average Bonchev–Trinajstić information content (AvgIpc) is 2.69. The number of carbonyl (C=O) groups is 1. The van der Waals surface area contributed by atoms with Gasteiger partial charge in [-0.3, -0.25) is 4.79 Å². The molecule has 2 rings (SSSR count). The van der Waals surface area contributed by atoms with Crippen LogP contribution in [0.2, 0.25) is 0 Å². The number of amides is 1. The number of ether oxygens (including phenoxy) is 1. The molecule has 6 nitrogen and oxygen atoms in total. The van der Waals surface area contributed by atoms with Crippen molar-refractivity contribution in [1.82, 2.24) is 9.62 Å². The van der Waals surface area contributed by atoms with Gasteiger partial charge < -0.3 is 10.1 Å². The van der Waals surface area contributed by atoms with Gasteiger partial charge in [0.1, 0.15) is 5.75 Å². The van der Waals surface area contributed by atoms with Gasteiger partial charge in [0.05, 0.1) is 17.9 Å². The zero-order valence-electron chi connectivity index (χ0n) is 17.7. The summed E-state index contributed by atoms with van der Waals surface area (Å²) in [6, 6.07) is 12.3. The first-order valence-electron chi connectivity index (χ1n) is 9.65. The van der Waals surface area contributed by atoms with Crippen molar-refractivity contribution in [2.75, 3.05) is 13.7 Å². The van der Waals surface area contributed by atoms with Gasteiger partial charge >= 0.3 is 0 Å². The van der Waals surface area contributed by atoms with Crippen molar-refractivity contribution in [2.45, 2.75) is 51.6 Å². The van der Waals surface area contributed by atoms with Crippen molar-refractivity contribution in [2.24, 2.45) is 0 Å². The molecule has 158 valence electrons. The minimum atomic E-state index is -3.50. The van der Waals surface area contributed by atoms with E-state index in [0.717, 1.165) is 22.4 Å². The quantitative estimate of drug-likeness (QED) is 0.677. The highest BCUT2D eigenvalue weighted by Crippen LogP contribution is 2.20. The fourth-order valence-electron chi connectivity index (χ4n) is 2.65. The number of hydrogen-bond acceptors (Lipinski definition) is 4. The minimum Gasteiger partial charge on any atom is -0.493 e. The summed E-state index contributed by atoms with van der Waals surface area (Å²) in [5, 5.41) is 2.83. The number of nitrogens with zero attached hydrogens (tertiary/aromatic N) is 1. The molecular formula is C22H30N2O4S. The van der Waals surface area contributed by atoms with Crippen LogP contribution in [0.4, 0.5) is 0 Å². The van der Waals surface area contributed by atoms with Gasteiger partial charge in [0.2, 0.25) is 15.9 Å².